The Hall–Kier alpha value is -2.49. The molecule has 8 nitrogen and oxygen atoms in total. The average Bonchev–Trinajstić information content (AvgIpc) is 3.23. The van der Waals surface area contributed by atoms with Crippen LogP contribution in [-0.2, 0) is 9.53 Å². The Balaban J connectivity index is 1.31. The molecule has 2 aromatic rings. The summed E-state index contributed by atoms with van der Waals surface area (Å²) < 4.78 is 5.32. The van der Waals surface area contributed by atoms with E-state index in [2.05, 4.69) is 25.8 Å². The van der Waals surface area contributed by atoms with Crippen LogP contribution in [0.5, 0.6) is 0 Å². The van der Waals surface area contributed by atoms with Crippen molar-refractivity contribution in [2.24, 2.45) is 0 Å². The van der Waals surface area contributed by atoms with Crippen LogP contribution in [0, 0.1) is 0 Å². The fourth-order valence-electron chi connectivity index (χ4n) is 3.95. The molecule has 2 aliphatic rings. The number of carbonyl (C=O) groups is 2. The summed E-state index contributed by atoms with van der Waals surface area (Å²) in [6.45, 7) is 3.24. The van der Waals surface area contributed by atoms with Crippen molar-refractivity contribution < 1.29 is 14.3 Å². The number of morpholine rings is 1. The van der Waals surface area contributed by atoms with Crippen LogP contribution < -0.4 is 16.0 Å². The molecule has 31 heavy (non-hydrogen) atoms. The Morgan fingerprint density at radius 1 is 1.13 bits per heavy atom. The molecule has 3 N–H and O–H groups in total. The van der Waals surface area contributed by atoms with Gasteiger partial charge in [0, 0.05) is 35.8 Å². The van der Waals surface area contributed by atoms with Crippen LogP contribution in [-0.4, -0.2) is 60.7 Å². The zero-order chi connectivity index (χ0) is 21.5. The molecule has 1 saturated carbocycles. The zero-order valence-corrected chi connectivity index (χ0v) is 18.4. The van der Waals surface area contributed by atoms with Gasteiger partial charge in [-0.15, -0.1) is 11.3 Å². The van der Waals surface area contributed by atoms with E-state index in [0.29, 0.717) is 24.9 Å². The Bertz CT molecular complexity index is 891. The number of carbonyl (C=O) groups excluding carboxylic acids is 2. The maximum absolute atomic E-state index is 12.4. The van der Waals surface area contributed by atoms with Crippen molar-refractivity contribution in [1.29, 1.82) is 0 Å². The highest BCUT2D eigenvalue weighted by molar-refractivity contribution is 7.14. The van der Waals surface area contributed by atoms with Gasteiger partial charge in [0.15, 0.2) is 5.13 Å². The lowest BCUT2D eigenvalue weighted by Gasteiger charge is -2.25. The van der Waals surface area contributed by atoms with Gasteiger partial charge in [-0.05, 0) is 25.0 Å². The Kier molecular flexibility index (Phi) is 7.50. The van der Waals surface area contributed by atoms with Gasteiger partial charge in [-0.25, -0.2) is 9.78 Å². The van der Waals surface area contributed by atoms with Gasteiger partial charge in [-0.3, -0.25) is 15.0 Å². The van der Waals surface area contributed by atoms with E-state index in [4.69, 9.17) is 4.74 Å². The molecule has 1 aromatic heterocycles. The lowest BCUT2D eigenvalue weighted by atomic mass is 9.96. The second-order valence-electron chi connectivity index (χ2n) is 7.99. The molecule has 0 radical (unpaired) electrons. The molecule has 1 saturated heterocycles. The molecule has 1 aromatic carbocycles. The molecule has 0 spiro atoms. The molecule has 1 aliphatic heterocycles. The first-order valence-electron chi connectivity index (χ1n) is 10.9. The number of nitrogens with zero attached hydrogens (tertiary/aromatic N) is 2. The Morgan fingerprint density at radius 3 is 2.74 bits per heavy atom. The third-order valence-electron chi connectivity index (χ3n) is 5.58. The largest absolute Gasteiger partial charge is 0.379 e. The van der Waals surface area contributed by atoms with Crippen molar-refractivity contribution >= 4 is 34.1 Å². The SMILES string of the molecule is O=C(CN1CCOCC1)Nc1cccc(-c2csc(NC(=O)NC3CCCCC3)n2)c1. The van der Waals surface area contributed by atoms with Gasteiger partial charge >= 0.3 is 6.03 Å². The Morgan fingerprint density at radius 2 is 1.94 bits per heavy atom. The van der Waals surface area contributed by atoms with E-state index in [9.17, 15) is 9.59 Å². The molecule has 9 heteroatoms. The Labute approximate surface area is 186 Å². The third kappa shape index (κ3) is 6.49. The maximum Gasteiger partial charge on any atom is 0.321 e. The normalized spacial score (nSPS) is 17.8. The van der Waals surface area contributed by atoms with E-state index in [1.165, 1.54) is 30.6 Å². The van der Waals surface area contributed by atoms with E-state index in [1.54, 1.807) is 0 Å². The zero-order valence-electron chi connectivity index (χ0n) is 17.6. The number of anilines is 2. The van der Waals surface area contributed by atoms with Gasteiger partial charge in [-0.2, -0.15) is 0 Å². The van der Waals surface area contributed by atoms with E-state index < -0.39 is 0 Å². The van der Waals surface area contributed by atoms with Crippen molar-refractivity contribution in [3.8, 4) is 11.3 Å². The summed E-state index contributed by atoms with van der Waals surface area (Å²) in [7, 11) is 0. The molecule has 0 atom stereocenters. The van der Waals surface area contributed by atoms with Gasteiger partial charge in [0.2, 0.25) is 5.91 Å². The van der Waals surface area contributed by atoms with E-state index >= 15 is 0 Å². The van der Waals surface area contributed by atoms with Crippen molar-refractivity contribution in [3.05, 3.63) is 29.6 Å². The quantitative estimate of drug-likeness (QED) is 0.635. The van der Waals surface area contributed by atoms with Gasteiger partial charge < -0.3 is 15.4 Å². The molecule has 2 fully saturated rings. The van der Waals surface area contributed by atoms with Crippen LogP contribution in [0.3, 0.4) is 0 Å². The third-order valence-corrected chi connectivity index (χ3v) is 6.34. The highest BCUT2D eigenvalue weighted by atomic mass is 32.1. The van der Waals surface area contributed by atoms with Gasteiger partial charge in [0.1, 0.15) is 0 Å². The summed E-state index contributed by atoms with van der Waals surface area (Å²) in [5.74, 6) is -0.0425. The molecule has 0 bridgehead atoms. The lowest BCUT2D eigenvalue weighted by Crippen LogP contribution is -2.41. The first-order chi connectivity index (χ1) is 15.2. The van der Waals surface area contributed by atoms with Crippen molar-refractivity contribution in [3.63, 3.8) is 0 Å². The monoisotopic (exact) mass is 443 g/mol. The number of aromatic nitrogens is 1. The second kappa shape index (κ2) is 10.7. The fraction of sp³-hybridized carbons (Fsp3) is 0.500. The molecule has 1 aliphatic carbocycles. The van der Waals surface area contributed by atoms with Crippen LogP contribution in [0.4, 0.5) is 15.6 Å². The summed E-state index contributed by atoms with van der Waals surface area (Å²) in [5, 5.41) is 11.3. The minimum Gasteiger partial charge on any atom is -0.379 e. The van der Waals surface area contributed by atoms with Crippen molar-refractivity contribution in [1.82, 2.24) is 15.2 Å². The predicted molar refractivity (Wildman–Crippen MR) is 122 cm³/mol. The number of thiazole rings is 1. The van der Waals surface area contributed by atoms with Crippen LogP contribution >= 0.6 is 11.3 Å². The number of ether oxygens (including phenoxy) is 1. The topological polar surface area (TPSA) is 95.6 Å². The molecule has 4 rings (SSSR count). The van der Waals surface area contributed by atoms with Crippen LogP contribution in [0.25, 0.3) is 11.3 Å². The van der Waals surface area contributed by atoms with E-state index in [1.807, 2.05) is 29.6 Å². The van der Waals surface area contributed by atoms with Crippen LogP contribution in [0.1, 0.15) is 32.1 Å². The summed E-state index contributed by atoms with van der Waals surface area (Å²) in [4.78, 5) is 31.2. The van der Waals surface area contributed by atoms with Crippen LogP contribution in [0.2, 0.25) is 0 Å². The maximum atomic E-state index is 12.4. The minimum atomic E-state index is -0.197. The summed E-state index contributed by atoms with van der Waals surface area (Å²) in [5.41, 5.74) is 2.39. The smallest absolute Gasteiger partial charge is 0.321 e. The summed E-state index contributed by atoms with van der Waals surface area (Å²) in [6.07, 6.45) is 5.68. The molecule has 2 heterocycles. The lowest BCUT2D eigenvalue weighted by molar-refractivity contribution is -0.118. The first kappa shape index (κ1) is 21.7. The number of urea groups is 1. The number of amides is 3. The van der Waals surface area contributed by atoms with Gasteiger partial charge in [-0.1, -0.05) is 31.4 Å². The van der Waals surface area contributed by atoms with Gasteiger partial charge in [0.05, 0.1) is 25.5 Å². The van der Waals surface area contributed by atoms with E-state index in [-0.39, 0.29) is 18.0 Å². The molecule has 0 unspecified atom stereocenters. The van der Waals surface area contributed by atoms with E-state index in [0.717, 1.165) is 42.9 Å². The number of rotatable bonds is 6. The van der Waals surface area contributed by atoms with Crippen molar-refractivity contribution in [2.45, 2.75) is 38.1 Å². The first-order valence-corrected chi connectivity index (χ1v) is 11.8. The highest BCUT2D eigenvalue weighted by Crippen LogP contribution is 2.27. The molecular weight excluding hydrogens is 414 g/mol. The predicted octanol–water partition coefficient (Wildman–Crippen LogP) is 3.54. The summed E-state index contributed by atoms with van der Waals surface area (Å²) in [6, 6.07) is 7.66. The summed E-state index contributed by atoms with van der Waals surface area (Å²) >= 11 is 1.39. The van der Waals surface area contributed by atoms with Gasteiger partial charge in [0.25, 0.3) is 0 Å². The molecule has 166 valence electrons. The minimum absolute atomic E-state index is 0.0425. The number of nitrogens with one attached hydrogen (secondary N) is 3. The molecular formula is C22H29N5O3S. The van der Waals surface area contributed by atoms with Crippen LogP contribution in [0.15, 0.2) is 29.6 Å². The average molecular weight is 444 g/mol. The number of hydrogen-bond donors (Lipinski definition) is 3. The number of hydrogen-bond acceptors (Lipinski definition) is 6. The highest BCUT2D eigenvalue weighted by Gasteiger charge is 2.17. The van der Waals surface area contributed by atoms with Crippen molar-refractivity contribution in [2.75, 3.05) is 43.5 Å². The second-order valence-corrected chi connectivity index (χ2v) is 8.85. The standard InChI is InChI=1S/C22H29N5O3S/c28-20(14-27-9-11-30-12-10-27)23-18-8-4-5-16(13-18)19-15-31-22(25-19)26-21(29)24-17-6-2-1-3-7-17/h4-5,8,13,15,17H,1-3,6-7,9-12,14H2,(H,23,28)(H2,24,25,26,29). The molecule has 3 amide bonds. The number of benzene rings is 1. The fourth-order valence-corrected chi connectivity index (χ4v) is 4.66.